The summed E-state index contributed by atoms with van der Waals surface area (Å²) in [4.78, 5) is 1.60. The van der Waals surface area contributed by atoms with Crippen LogP contribution in [0.2, 0.25) is 0 Å². The van der Waals surface area contributed by atoms with Crippen LogP contribution >= 0.6 is 0 Å². The molecule has 1 N–H and O–H groups in total. The molecule has 1 aliphatic heterocycles. The third-order valence-electron chi connectivity index (χ3n) is 4.07. The predicted molar refractivity (Wildman–Crippen MR) is 85.1 cm³/mol. The van der Waals surface area contributed by atoms with Crippen molar-refractivity contribution in [3.05, 3.63) is 35.4 Å². The van der Waals surface area contributed by atoms with Crippen molar-refractivity contribution in [3.8, 4) is 0 Å². The molecule has 0 spiro atoms. The molecule has 1 fully saturated rings. The maximum atomic E-state index is 14.0. The Morgan fingerprint density at radius 3 is 2.26 bits per heavy atom. The summed E-state index contributed by atoms with van der Waals surface area (Å²) >= 11 is 0. The summed E-state index contributed by atoms with van der Waals surface area (Å²) in [5, 5.41) is 0. The molecule has 1 unspecified atom stereocenters. The molecule has 8 heteroatoms. The lowest BCUT2D eigenvalue weighted by atomic mass is 10.0. The van der Waals surface area contributed by atoms with E-state index in [0.29, 0.717) is 13.1 Å². The van der Waals surface area contributed by atoms with Crippen LogP contribution in [0.25, 0.3) is 0 Å². The zero-order chi connectivity index (χ0) is 17.0. The zero-order valence-corrected chi connectivity index (χ0v) is 14.2. The first-order valence-electron chi connectivity index (χ1n) is 7.68. The summed E-state index contributed by atoms with van der Waals surface area (Å²) < 4.78 is 56.5. The number of halogens is 2. The SMILES string of the molecule is CN(C)C(CNS(=O)(=O)N1CCCCC1)c1c(F)cccc1F. The highest BCUT2D eigenvalue weighted by Crippen LogP contribution is 2.24. The number of hydrogen-bond donors (Lipinski definition) is 1. The van der Waals surface area contributed by atoms with Gasteiger partial charge in [-0.3, -0.25) is 0 Å². The van der Waals surface area contributed by atoms with Gasteiger partial charge in [-0.05, 0) is 39.1 Å². The Morgan fingerprint density at radius 2 is 1.74 bits per heavy atom. The Morgan fingerprint density at radius 1 is 1.17 bits per heavy atom. The molecule has 1 heterocycles. The average molecular weight is 347 g/mol. The van der Waals surface area contributed by atoms with Crippen molar-refractivity contribution < 1.29 is 17.2 Å². The highest BCUT2D eigenvalue weighted by atomic mass is 32.2. The molecule has 2 rings (SSSR count). The molecule has 5 nitrogen and oxygen atoms in total. The van der Waals surface area contributed by atoms with Gasteiger partial charge >= 0.3 is 0 Å². The van der Waals surface area contributed by atoms with E-state index < -0.39 is 27.9 Å². The van der Waals surface area contributed by atoms with Crippen LogP contribution in [0.3, 0.4) is 0 Å². The number of rotatable bonds is 6. The molecule has 0 radical (unpaired) electrons. The van der Waals surface area contributed by atoms with Gasteiger partial charge in [0.15, 0.2) is 0 Å². The van der Waals surface area contributed by atoms with Crippen molar-refractivity contribution in [1.82, 2.24) is 13.9 Å². The first kappa shape index (κ1) is 18.3. The summed E-state index contributed by atoms with van der Waals surface area (Å²) in [7, 11) is -0.317. The van der Waals surface area contributed by atoms with Gasteiger partial charge in [0, 0.05) is 25.2 Å². The van der Waals surface area contributed by atoms with Crippen molar-refractivity contribution in [3.63, 3.8) is 0 Å². The molecule has 0 amide bonds. The fourth-order valence-electron chi connectivity index (χ4n) is 2.75. The Balaban J connectivity index is 2.14. The van der Waals surface area contributed by atoms with E-state index in [-0.39, 0.29) is 12.1 Å². The molecule has 23 heavy (non-hydrogen) atoms. The summed E-state index contributed by atoms with van der Waals surface area (Å²) in [5.74, 6) is -1.36. The first-order chi connectivity index (χ1) is 10.8. The predicted octanol–water partition coefficient (Wildman–Crippen LogP) is 1.89. The van der Waals surface area contributed by atoms with E-state index in [2.05, 4.69) is 4.72 Å². The lowest BCUT2D eigenvalue weighted by molar-refractivity contribution is 0.279. The number of nitrogens with one attached hydrogen (secondary N) is 1. The van der Waals surface area contributed by atoms with E-state index in [1.54, 1.807) is 19.0 Å². The van der Waals surface area contributed by atoms with Gasteiger partial charge in [0.05, 0.1) is 6.04 Å². The van der Waals surface area contributed by atoms with Crippen LogP contribution in [-0.4, -0.2) is 51.4 Å². The minimum absolute atomic E-state index is 0.0936. The third-order valence-corrected chi connectivity index (χ3v) is 5.65. The monoisotopic (exact) mass is 347 g/mol. The van der Waals surface area contributed by atoms with Crippen LogP contribution in [0.15, 0.2) is 18.2 Å². The van der Waals surface area contributed by atoms with Gasteiger partial charge in [-0.2, -0.15) is 12.7 Å². The standard InChI is InChI=1S/C15H23F2N3O2S/c1-19(2)14(15-12(16)7-6-8-13(15)17)11-18-23(21,22)20-9-4-3-5-10-20/h6-8,14,18H,3-5,9-11H2,1-2H3. The number of likely N-dealkylation sites (N-methyl/N-ethyl adjacent to an activating group) is 1. The quantitative estimate of drug-likeness (QED) is 0.855. The number of nitrogens with zero attached hydrogens (tertiary/aromatic N) is 2. The molecule has 1 aromatic carbocycles. The molecule has 0 aromatic heterocycles. The molecule has 1 saturated heterocycles. The molecule has 1 aromatic rings. The fourth-order valence-corrected chi connectivity index (χ4v) is 4.04. The Labute approximate surface area is 136 Å². The molecular formula is C15H23F2N3O2S. The van der Waals surface area contributed by atoms with Gasteiger partial charge in [-0.25, -0.2) is 13.5 Å². The van der Waals surface area contributed by atoms with E-state index in [9.17, 15) is 17.2 Å². The Hall–Kier alpha value is -1.09. The van der Waals surface area contributed by atoms with Crippen molar-refractivity contribution in [2.24, 2.45) is 0 Å². The van der Waals surface area contributed by atoms with E-state index in [1.165, 1.54) is 22.5 Å². The summed E-state index contributed by atoms with van der Waals surface area (Å²) in [6.45, 7) is 0.871. The van der Waals surface area contributed by atoms with E-state index in [4.69, 9.17) is 0 Å². The highest BCUT2D eigenvalue weighted by molar-refractivity contribution is 7.87. The average Bonchev–Trinajstić information content (AvgIpc) is 2.50. The van der Waals surface area contributed by atoms with Crippen LogP contribution < -0.4 is 4.72 Å². The first-order valence-corrected chi connectivity index (χ1v) is 9.12. The van der Waals surface area contributed by atoms with Gasteiger partial charge in [-0.1, -0.05) is 12.5 Å². The second kappa shape index (κ2) is 7.65. The van der Waals surface area contributed by atoms with Crippen LogP contribution in [0.1, 0.15) is 30.9 Å². The van der Waals surface area contributed by atoms with Crippen molar-refractivity contribution >= 4 is 10.2 Å². The second-order valence-corrected chi connectivity index (χ2v) is 7.68. The van der Waals surface area contributed by atoms with Crippen molar-refractivity contribution in [2.75, 3.05) is 33.7 Å². The zero-order valence-electron chi connectivity index (χ0n) is 13.4. The van der Waals surface area contributed by atoms with Crippen molar-refractivity contribution in [2.45, 2.75) is 25.3 Å². The molecule has 130 valence electrons. The number of benzene rings is 1. The molecule has 1 aliphatic rings. The van der Waals surface area contributed by atoms with Gasteiger partial charge in [0.2, 0.25) is 0 Å². The molecule has 1 atom stereocenters. The lowest BCUT2D eigenvalue weighted by Gasteiger charge is -2.29. The maximum Gasteiger partial charge on any atom is 0.279 e. The molecule has 0 bridgehead atoms. The minimum Gasteiger partial charge on any atom is -0.301 e. The molecular weight excluding hydrogens is 324 g/mol. The largest absolute Gasteiger partial charge is 0.301 e. The van der Waals surface area contributed by atoms with Crippen LogP contribution in [0, 0.1) is 11.6 Å². The second-order valence-electron chi connectivity index (χ2n) is 5.93. The molecule has 0 aliphatic carbocycles. The van der Waals surface area contributed by atoms with Crippen LogP contribution in [0.4, 0.5) is 8.78 Å². The third kappa shape index (κ3) is 4.47. The highest BCUT2D eigenvalue weighted by Gasteiger charge is 2.27. The molecule has 0 saturated carbocycles. The topological polar surface area (TPSA) is 52.7 Å². The smallest absolute Gasteiger partial charge is 0.279 e. The van der Waals surface area contributed by atoms with E-state index >= 15 is 0 Å². The lowest BCUT2D eigenvalue weighted by Crippen LogP contribution is -2.46. The number of hydrogen-bond acceptors (Lipinski definition) is 3. The van der Waals surface area contributed by atoms with Gasteiger partial charge in [0.1, 0.15) is 11.6 Å². The van der Waals surface area contributed by atoms with Gasteiger partial charge in [0.25, 0.3) is 10.2 Å². The van der Waals surface area contributed by atoms with Gasteiger partial charge < -0.3 is 4.90 Å². The van der Waals surface area contributed by atoms with E-state index in [0.717, 1.165) is 19.3 Å². The van der Waals surface area contributed by atoms with Gasteiger partial charge in [-0.15, -0.1) is 0 Å². The van der Waals surface area contributed by atoms with Crippen LogP contribution in [-0.2, 0) is 10.2 Å². The van der Waals surface area contributed by atoms with Crippen LogP contribution in [0.5, 0.6) is 0 Å². The van der Waals surface area contributed by atoms with E-state index in [1.807, 2.05) is 0 Å². The summed E-state index contributed by atoms with van der Waals surface area (Å²) in [5.41, 5.74) is -0.126. The summed E-state index contributed by atoms with van der Waals surface area (Å²) in [6, 6.07) is 2.91. The Kier molecular flexibility index (Phi) is 6.07. The number of piperidine rings is 1. The minimum atomic E-state index is -3.63. The van der Waals surface area contributed by atoms with Crippen molar-refractivity contribution in [1.29, 1.82) is 0 Å². The fraction of sp³-hybridized carbons (Fsp3) is 0.600. The summed E-state index contributed by atoms with van der Waals surface area (Å²) in [6.07, 6.45) is 2.69. The Bertz CT molecular complexity index is 611. The normalized spacial score (nSPS) is 18.3. The maximum absolute atomic E-state index is 14.0.